The number of benzene rings is 1. The molecule has 0 aliphatic carbocycles. The van der Waals surface area contributed by atoms with Crippen LogP contribution in [0.5, 0.6) is 0 Å². The van der Waals surface area contributed by atoms with Crippen molar-refractivity contribution in [3.63, 3.8) is 0 Å². The van der Waals surface area contributed by atoms with Crippen LogP contribution in [-0.2, 0) is 6.54 Å². The van der Waals surface area contributed by atoms with Gasteiger partial charge in [0.15, 0.2) is 0 Å². The van der Waals surface area contributed by atoms with Crippen LogP contribution < -0.4 is 5.32 Å². The molecular formula is C17H22N2. The van der Waals surface area contributed by atoms with Crippen LogP contribution in [0.25, 0.3) is 0 Å². The SMILES string of the molecule is CC(C)C(CNCc1ccncc1)c1ccccc1. The molecule has 100 valence electrons. The molecule has 1 aromatic carbocycles. The van der Waals surface area contributed by atoms with Crippen LogP contribution in [-0.4, -0.2) is 11.5 Å². The van der Waals surface area contributed by atoms with E-state index in [0.29, 0.717) is 11.8 Å². The number of rotatable bonds is 6. The molecule has 1 N–H and O–H groups in total. The molecule has 2 aromatic rings. The summed E-state index contributed by atoms with van der Waals surface area (Å²) in [5, 5.41) is 3.55. The summed E-state index contributed by atoms with van der Waals surface area (Å²) in [6, 6.07) is 14.9. The van der Waals surface area contributed by atoms with Gasteiger partial charge in [0.05, 0.1) is 0 Å². The molecule has 1 heterocycles. The van der Waals surface area contributed by atoms with Gasteiger partial charge in [-0.2, -0.15) is 0 Å². The summed E-state index contributed by atoms with van der Waals surface area (Å²) in [4.78, 5) is 4.04. The molecule has 0 aliphatic heterocycles. The molecule has 2 rings (SSSR count). The minimum absolute atomic E-state index is 0.558. The lowest BCUT2D eigenvalue weighted by molar-refractivity contribution is 0.461. The molecule has 1 atom stereocenters. The first kappa shape index (κ1) is 13.8. The molecule has 0 aliphatic rings. The lowest BCUT2D eigenvalue weighted by Crippen LogP contribution is -2.24. The van der Waals surface area contributed by atoms with E-state index in [9.17, 15) is 0 Å². The monoisotopic (exact) mass is 254 g/mol. The standard InChI is InChI=1S/C17H22N2/c1-14(2)17(16-6-4-3-5-7-16)13-19-12-15-8-10-18-11-9-15/h3-11,14,17,19H,12-13H2,1-2H3. The second-order valence-electron chi connectivity index (χ2n) is 5.25. The highest BCUT2D eigenvalue weighted by molar-refractivity contribution is 5.20. The Bertz CT molecular complexity index is 465. The second kappa shape index (κ2) is 7.05. The maximum absolute atomic E-state index is 4.04. The number of hydrogen-bond donors (Lipinski definition) is 1. The first-order chi connectivity index (χ1) is 9.27. The Morgan fingerprint density at radius 3 is 2.32 bits per heavy atom. The molecule has 2 heteroatoms. The number of nitrogens with zero attached hydrogens (tertiary/aromatic N) is 1. The number of hydrogen-bond acceptors (Lipinski definition) is 2. The molecule has 0 spiro atoms. The zero-order chi connectivity index (χ0) is 13.5. The van der Waals surface area contributed by atoms with Gasteiger partial charge in [-0.25, -0.2) is 0 Å². The van der Waals surface area contributed by atoms with Crippen LogP contribution >= 0.6 is 0 Å². The average Bonchev–Trinajstić information content (AvgIpc) is 2.45. The predicted octanol–water partition coefficient (Wildman–Crippen LogP) is 3.61. The summed E-state index contributed by atoms with van der Waals surface area (Å²) in [5.74, 6) is 1.19. The molecule has 1 unspecified atom stereocenters. The number of nitrogens with one attached hydrogen (secondary N) is 1. The van der Waals surface area contributed by atoms with Crippen LogP contribution in [0.3, 0.4) is 0 Å². The van der Waals surface area contributed by atoms with Crippen molar-refractivity contribution in [1.29, 1.82) is 0 Å². The quantitative estimate of drug-likeness (QED) is 0.851. The zero-order valence-electron chi connectivity index (χ0n) is 11.7. The van der Waals surface area contributed by atoms with Gasteiger partial charge in [-0.05, 0) is 35.1 Å². The smallest absolute Gasteiger partial charge is 0.0271 e. The molecule has 19 heavy (non-hydrogen) atoms. The van der Waals surface area contributed by atoms with Crippen molar-refractivity contribution in [3.05, 3.63) is 66.0 Å². The number of pyridine rings is 1. The fraction of sp³-hybridized carbons (Fsp3) is 0.353. The van der Waals surface area contributed by atoms with Crippen molar-refractivity contribution in [2.24, 2.45) is 5.92 Å². The lowest BCUT2D eigenvalue weighted by Gasteiger charge is -2.22. The highest BCUT2D eigenvalue weighted by Crippen LogP contribution is 2.23. The Labute approximate surface area is 115 Å². The van der Waals surface area contributed by atoms with Gasteiger partial charge in [0.25, 0.3) is 0 Å². The topological polar surface area (TPSA) is 24.9 Å². The van der Waals surface area contributed by atoms with E-state index in [2.05, 4.69) is 66.6 Å². The normalized spacial score (nSPS) is 12.6. The summed E-state index contributed by atoms with van der Waals surface area (Å²) < 4.78 is 0. The Morgan fingerprint density at radius 1 is 1.00 bits per heavy atom. The second-order valence-corrected chi connectivity index (χ2v) is 5.25. The zero-order valence-corrected chi connectivity index (χ0v) is 11.7. The third-order valence-electron chi connectivity index (χ3n) is 3.48. The van der Waals surface area contributed by atoms with Gasteiger partial charge in [0.1, 0.15) is 0 Å². The van der Waals surface area contributed by atoms with Crippen LogP contribution in [0.4, 0.5) is 0 Å². The van der Waals surface area contributed by atoms with Gasteiger partial charge in [0, 0.05) is 25.5 Å². The Hall–Kier alpha value is -1.67. The van der Waals surface area contributed by atoms with Gasteiger partial charge in [-0.15, -0.1) is 0 Å². The Kier molecular flexibility index (Phi) is 5.10. The largest absolute Gasteiger partial charge is 0.312 e. The molecule has 0 amide bonds. The van der Waals surface area contributed by atoms with E-state index in [0.717, 1.165) is 13.1 Å². The van der Waals surface area contributed by atoms with E-state index >= 15 is 0 Å². The molecule has 0 saturated heterocycles. The fourth-order valence-electron chi connectivity index (χ4n) is 2.31. The van der Waals surface area contributed by atoms with E-state index in [1.807, 2.05) is 12.4 Å². The summed E-state index contributed by atoms with van der Waals surface area (Å²) in [7, 11) is 0. The third kappa shape index (κ3) is 4.18. The molecule has 2 nitrogen and oxygen atoms in total. The maximum atomic E-state index is 4.04. The van der Waals surface area contributed by atoms with Crippen LogP contribution in [0.2, 0.25) is 0 Å². The van der Waals surface area contributed by atoms with Crippen molar-refractivity contribution in [2.75, 3.05) is 6.54 Å². The molecule has 0 saturated carbocycles. The Balaban J connectivity index is 1.92. The van der Waals surface area contributed by atoms with Crippen LogP contribution in [0, 0.1) is 5.92 Å². The molecule has 1 aromatic heterocycles. The van der Waals surface area contributed by atoms with E-state index in [-0.39, 0.29) is 0 Å². The molecule has 0 bridgehead atoms. The highest BCUT2D eigenvalue weighted by atomic mass is 14.9. The van der Waals surface area contributed by atoms with Gasteiger partial charge in [0.2, 0.25) is 0 Å². The van der Waals surface area contributed by atoms with Gasteiger partial charge in [-0.3, -0.25) is 4.98 Å². The summed E-state index contributed by atoms with van der Waals surface area (Å²) in [5.41, 5.74) is 2.70. The van der Waals surface area contributed by atoms with E-state index in [4.69, 9.17) is 0 Å². The average molecular weight is 254 g/mol. The van der Waals surface area contributed by atoms with E-state index in [1.165, 1.54) is 11.1 Å². The van der Waals surface area contributed by atoms with Crippen molar-refractivity contribution >= 4 is 0 Å². The summed E-state index contributed by atoms with van der Waals surface area (Å²) >= 11 is 0. The van der Waals surface area contributed by atoms with E-state index in [1.54, 1.807) is 0 Å². The minimum atomic E-state index is 0.558. The minimum Gasteiger partial charge on any atom is -0.312 e. The third-order valence-corrected chi connectivity index (χ3v) is 3.48. The van der Waals surface area contributed by atoms with E-state index < -0.39 is 0 Å². The van der Waals surface area contributed by atoms with Gasteiger partial charge in [-0.1, -0.05) is 44.2 Å². The molecule has 0 radical (unpaired) electrons. The fourth-order valence-corrected chi connectivity index (χ4v) is 2.31. The molecular weight excluding hydrogens is 232 g/mol. The first-order valence-corrected chi connectivity index (χ1v) is 6.92. The lowest BCUT2D eigenvalue weighted by atomic mass is 9.88. The van der Waals surface area contributed by atoms with Gasteiger partial charge < -0.3 is 5.32 Å². The van der Waals surface area contributed by atoms with Gasteiger partial charge >= 0.3 is 0 Å². The van der Waals surface area contributed by atoms with Crippen molar-refractivity contribution < 1.29 is 0 Å². The van der Waals surface area contributed by atoms with Crippen molar-refractivity contribution in [3.8, 4) is 0 Å². The molecule has 0 fully saturated rings. The highest BCUT2D eigenvalue weighted by Gasteiger charge is 2.14. The van der Waals surface area contributed by atoms with Crippen molar-refractivity contribution in [1.82, 2.24) is 10.3 Å². The summed E-state index contributed by atoms with van der Waals surface area (Å²) in [6.45, 7) is 6.47. The number of aromatic nitrogens is 1. The first-order valence-electron chi connectivity index (χ1n) is 6.92. The van der Waals surface area contributed by atoms with Crippen LogP contribution in [0.15, 0.2) is 54.9 Å². The Morgan fingerprint density at radius 2 is 1.68 bits per heavy atom. The predicted molar refractivity (Wildman–Crippen MR) is 80.0 cm³/mol. The van der Waals surface area contributed by atoms with Crippen molar-refractivity contribution in [2.45, 2.75) is 26.3 Å². The maximum Gasteiger partial charge on any atom is 0.0271 e. The van der Waals surface area contributed by atoms with Crippen LogP contribution in [0.1, 0.15) is 30.9 Å². The summed E-state index contributed by atoms with van der Waals surface area (Å²) in [6.07, 6.45) is 3.68.